The molecule has 0 unspecified atom stereocenters. The van der Waals surface area contributed by atoms with Crippen molar-refractivity contribution in [3.8, 4) is 0 Å². The maximum Gasteiger partial charge on any atom is 0.305 e. The zero-order valence-corrected chi connectivity index (χ0v) is 14.3. The number of methoxy groups -OCH3 is 1. The van der Waals surface area contributed by atoms with Gasteiger partial charge in [0.25, 0.3) is 0 Å². The van der Waals surface area contributed by atoms with Crippen molar-refractivity contribution >= 4 is 29.0 Å². The van der Waals surface area contributed by atoms with Crippen LogP contribution in [0.15, 0.2) is 18.2 Å². The van der Waals surface area contributed by atoms with E-state index in [1.165, 1.54) is 12.7 Å². The van der Waals surface area contributed by atoms with E-state index in [4.69, 9.17) is 12.2 Å². The number of hydrogen-bond acceptors (Lipinski definition) is 4. The molecule has 0 amide bonds. The van der Waals surface area contributed by atoms with Gasteiger partial charge >= 0.3 is 5.97 Å². The van der Waals surface area contributed by atoms with E-state index >= 15 is 0 Å². The molecule has 22 heavy (non-hydrogen) atoms. The van der Waals surface area contributed by atoms with Crippen LogP contribution in [-0.4, -0.2) is 24.7 Å². The van der Waals surface area contributed by atoms with E-state index in [2.05, 4.69) is 46.9 Å². The lowest BCUT2D eigenvalue weighted by molar-refractivity contribution is -0.140. The molecule has 0 saturated heterocycles. The van der Waals surface area contributed by atoms with E-state index in [0.717, 1.165) is 37.1 Å². The van der Waals surface area contributed by atoms with Crippen molar-refractivity contribution in [3.63, 3.8) is 0 Å². The number of rotatable bonds is 8. The highest BCUT2D eigenvalue weighted by atomic mass is 32.1. The molecule has 0 aliphatic heterocycles. The summed E-state index contributed by atoms with van der Waals surface area (Å²) in [6.45, 7) is 4.90. The SMILES string of the molecule is COC(=O)CCCCCNC(=S)NNc1ccc(C)cc1C. The summed E-state index contributed by atoms with van der Waals surface area (Å²) in [6.07, 6.45) is 3.25. The number of nitrogens with one attached hydrogen (secondary N) is 3. The van der Waals surface area contributed by atoms with Crippen LogP contribution in [0.25, 0.3) is 0 Å². The molecule has 1 aromatic rings. The molecule has 6 heteroatoms. The van der Waals surface area contributed by atoms with Crippen molar-refractivity contribution in [1.82, 2.24) is 10.7 Å². The lowest BCUT2D eigenvalue weighted by Crippen LogP contribution is -2.39. The fraction of sp³-hybridized carbons (Fsp3) is 0.500. The molecular weight excluding hydrogens is 298 g/mol. The van der Waals surface area contributed by atoms with Gasteiger partial charge in [0.15, 0.2) is 5.11 Å². The Bertz CT molecular complexity index is 506. The summed E-state index contributed by atoms with van der Waals surface area (Å²) in [5.41, 5.74) is 9.48. The van der Waals surface area contributed by atoms with E-state index in [-0.39, 0.29) is 5.97 Å². The molecule has 0 fully saturated rings. The predicted octanol–water partition coefficient (Wildman–Crippen LogP) is 2.83. The second kappa shape index (κ2) is 10.00. The maximum atomic E-state index is 10.9. The highest BCUT2D eigenvalue weighted by Gasteiger charge is 2.01. The summed E-state index contributed by atoms with van der Waals surface area (Å²) in [7, 11) is 1.41. The topological polar surface area (TPSA) is 62.4 Å². The van der Waals surface area contributed by atoms with Crippen molar-refractivity contribution in [3.05, 3.63) is 29.3 Å². The molecular formula is C16H25N3O2S. The van der Waals surface area contributed by atoms with Crippen LogP contribution in [-0.2, 0) is 9.53 Å². The third-order valence-corrected chi connectivity index (χ3v) is 3.51. The van der Waals surface area contributed by atoms with Crippen LogP contribution in [0.1, 0.15) is 36.8 Å². The monoisotopic (exact) mass is 323 g/mol. The van der Waals surface area contributed by atoms with Crippen LogP contribution in [0.2, 0.25) is 0 Å². The number of unbranched alkanes of at least 4 members (excludes halogenated alkanes) is 2. The first-order chi connectivity index (χ1) is 10.5. The summed E-state index contributed by atoms with van der Waals surface area (Å²) in [5, 5.41) is 3.69. The molecule has 0 atom stereocenters. The molecule has 1 aromatic carbocycles. The van der Waals surface area contributed by atoms with E-state index in [1.54, 1.807) is 0 Å². The van der Waals surface area contributed by atoms with Gasteiger partial charge in [0, 0.05) is 13.0 Å². The first-order valence-electron chi connectivity index (χ1n) is 7.47. The van der Waals surface area contributed by atoms with E-state index < -0.39 is 0 Å². The number of hydrazine groups is 1. The van der Waals surface area contributed by atoms with Gasteiger partial charge in [-0.25, -0.2) is 0 Å². The second-order valence-electron chi connectivity index (χ2n) is 5.21. The van der Waals surface area contributed by atoms with Crippen LogP contribution in [0.3, 0.4) is 0 Å². The average Bonchev–Trinajstić information content (AvgIpc) is 2.49. The maximum absolute atomic E-state index is 10.9. The fourth-order valence-electron chi connectivity index (χ4n) is 2.00. The summed E-state index contributed by atoms with van der Waals surface area (Å²) >= 11 is 5.20. The van der Waals surface area contributed by atoms with E-state index in [9.17, 15) is 4.79 Å². The Morgan fingerprint density at radius 3 is 2.68 bits per heavy atom. The summed E-state index contributed by atoms with van der Waals surface area (Å²) in [5.74, 6) is -0.150. The van der Waals surface area contributed by atoms with Crippen LogP contribution in [0.4, 0.5) is 5.69 Å². The molecule has 0 radical (unpaired) electrons. The number of esters is 1. The number of carbonyl (C=O) groups excluding carboxylic acids is 1. The van der Waals surface area contributed by atoms with Gasteiger partial charge < -0.3 is 10.1 Å². The summed E-state index contributed by atoms with van der Waals surface area (Å²) in [4.78, 5) is 10.9. The van der Waals surface area contributed by atoms with Crippen molar-refractivity contribution in [2.24, 2.45) is 0 Å². The number of anilines is 1. The van der Waals surface area contributed by atoms with Gasteiger partial charge in [0.05, 0.1) is 12.8 Å². The van der Waals surface area contributed by atoms with Gasteiger partial charge in [-0.3, -0.25) is 15.6 Å². The van der Waals surface area contributed by atoms with Crippen molar-refractivity contribution < 1.29 is 9.53 Å². The molecule has 5 nitrogen and oxygen atoms in total. The molecule has 3 N–H and O–H groups in total. The standard InChI is InChI=1S/C16H25N3O2S/c1-12-8-9-14(13(2)11-12)18-19-16(22)17-10-6-4-5-7-15(20)21-3/h8-9,11,18H,4-7,10H2,1-3H3,(H2,17,19,22). The third-order valence-electron chi connectivity index (χ3n) is 3.26. The Hall–Kier alpha value is -1.82. The van der Waals surface area contributed by atoms with Crippen LogP contribution < -0.4 is 16.2 Å². The minimum atomic E-state index is -0.150. The minimum absolute atomic E-state index is 0.150. The van der Waals surface area contributed by atoms with E-state index in [1.807, 2.05) is 6.07 Å². The quantitative estimate of drug-likeness (QED) is 0.296. The summed E-state index contributed by atoms with van der Waals surface area (Å²) < 4.78 is 4.59. The number of aryl methyl sites for hydroxylation is 2. The van der Waals surface area contributed by atoms with Gasteiger partial charge in [0.1, 0.15) is 0 Å². The first kappa shape index (κ1) is 18.2. The highest BCUT2D eigenvalue weighted by molar-refractivity contribution is 7.80. The number of ether oxygens (including phenoxy) is 1. The van der Waals surface area contributed by atoms with Gasteiger partial charge in [0.2, 0.25) is 0 Å². The second-order valence-corrected chi connectivity index (χ2v) is 5.62. The molecule has 0 aliphatic rings. The van der Waals surface area contributed by atoms with Gasteiger partial charge in [-0.15, -0.1) is 0 Å². The average molecular weight is 323 g/mol. The molecule has 0 spiro atoms. The Kier molecular flexibility index (Phi) is 8.28. The first-order valence-corrected chi connectivity index (χ1v) is 7.87. The number of hydrogen-bond donors (Lipinski definition) is 3. The van der Waals surface area contributed by atoms with Gasteiger partial charge in [-0.1, -0.05) is 24.1 Å². The van der Waals surface area contributed by atoms with E-state index in [0.29, 0.717) is 11.5 Å². The molecule has 0 aliphatic carbocycles. The lowest BCUT2D eigenvalue weighted by atomic mass is 10.1. The zero-order chi connectivity index (χ0) is 16.4. The van der Waals surface area contributed by atoms with Crippen molar-refractivity contribution in [2.75, 3.05) is 19.1 Å². The molecule has 122 valence electrons. The van der Waals surface area contributed by atoms with Gasteiger partial charge in [-0.2, -0.15) is 0 Å². The number of benzene rings is 1. The molecule has 0 bridgehead atoms. The molecule has 0 heterocycles. The largest absolute Gasteiger partial charge is 0.469 e. The number of thiocarbonyl (C=S) groups is 1. The normalized spacial score (nSPS) is 9.95. The Balaban J connectivity index is 2.12. The van der Waals surface area contributed by atoms with Gasteiger partial charge in [-0.05, 0) is 50.5 Å². The number of carbonyl (C=O) groups is 1. The van der Waals surface area contributed by atoms with Crippen LogP contribution in [0.5, 0.6) is 0 Å². The van der Waals surface area contributed by atoms with Crippen LogP contribution >= 0.6 is 12.2 Å². The molecule has 0 saturated carbocycles. The van der Waals surface area contributed by atoms with Crippen molar-refractivity contribution in [2.45, 2.75) is 39.5 Å². The molecule has 1 rings (SSSR count). The fourth-order valence-corrected chi connectivity index (χ4v) is 2.15. The third kappa shape index (κ3) is 7.26. The minimum Gasteiger partial charge on any atom is -0.469 e. The van der Waals surface area contributed by atoms with Crippen molar-refractivity contribution in [1.29, 1.82) is 0 Å². The zero-order valence-electron chi connectivity index (χ0n) is 13.5. The Morgan fingerprint density at radius 1 is 1.23 bits per heavy atom. The predicted molar refractivity (Wildman–Crippen MR) is 93.8 cm³/mol. The molecule has 0 aromatic heterocycles. The lowest BCUT2D eigenvalue weighted by Gasteiger charge is -2.14. The Morgan fingerprint density at radius 2 is 2.00 bits per heavy atom. The summed E-state index contributed by atoms with van der Waals surface area (Å²) in [6, 6.07) is 6.18. The Labute approximate surface area is 137 Å². The smallest absolute Gasteiger partial charge is 0.305 e. The van der Waals surface area contributed by atoms with Crippen LogP contribution in [0, 0.1) is 13.8 Å². The highest BCUT2D eigenvalue weighted by Crippen LogP contribution is 2.14.